The quantitative estimate of drug-likeness (QED) is 0.651. The molecule has 0 N–H and O–H groups in total. The Kier molecular flexibility index (Phi) is 5.98. The largest absolute Gasteiger partial charge is 0.379 e. The minimum atomic E-state index is -3.79. The maximum atomic E-state index is 14.7. The number of hydrogen-bond acceptors (Lipinski definition) is 4. The Hall–Kier alpha value is -1.81. The van der Waals surface area contributed by atoms with E-state index >= 15 is 0 Å². The summed E-state index contributed by atoms with van der Waals surface area (Å²) in [5.41, 5.74) is 2.10. The van der Waals surface area contributed by atoms with Crippen molar-refractivity contribution in [2.24, 2.45) is 0 Å². The van der Waals surface area contributed by atoms with Crippen LogP contribution in [0.15, 0.2) is 39.7 Å². The molecule has 0 bridgehead atoms. The highest BCUT2D eigenvalue weighted by atomic mass is 79.9. The number of ether oxygens (including phenoxy) is 1. The van der Waals surface area contributed by atoms with Crippen LogP contribution in [0.3, 0.4) is 0 Å². The van der Waals surface area contributed by atoms with Crippen molar-refractivity contribution in [3.8, 4) is 0 Å². The van der Waals surface area contributed by atoms with Crippen LogP contribution in [0.5, 0.6) is 0 Å². The van der Waals surface area contributed by atoms with Crippen LogP contribution in [0.2, 0.25) is 0 Å². The number of halogens is 2. The fraction of sp³-hybridized carbons (Fsp3) is 0.381. The van der Waals surface area contributed by atoms with Crippen LogP contribution in [0.4, 0.5) is 10.1 Å². The summed E-state index contributed by atoms with van der Waals surface area (Å²) in [4.78, 5) is 14.7. The van der Waals surface area contributed by atoms with Crippen LogP contribution in [0, 0.1) is 12.7 Å². The first-order valence-electron chi connectivity index (χ1n) is 9.77. The number of sulfonamides is 1. The number of rotatable bonds is 3. The van der Waals surface area contributed by atoms with Crippen LogP contribution in [0.25, 0.3) is 0 Å². The third-order valence-corrected chi connectivity index (χ3v) is 8.29. The van der Waals surface area contributed by atoms with Gasteiger partial charge in [0.15, 0.2) is 0 Å². The van der Waals surface area contributed by atoms with Gasteiger partial charge >= 0.3 is 0 Å². The number of aryl methyl sites for hydroxylation is 2. The molecule has 6 nitrogen and oxygen atoms in total. The Morgan fingerprint density at radius 1 is 1.13 bits per heavy atom. The van der Waals surface area contributed by atoms with Gasteiger partial charge in [0.05, 0.1) is 23.8 Å². The summed E-state index contributed by atoms with van der Waals surface area (Å²) < 4.78 is 47.9. The van der Waals surface area contributed by atoms with Crippen molar-refractivity contribution in [1.82, 2.24) is 4.31 Å². The first-order chi connectivity index (χ1) is 14.3. The summed E-state index contributed by atoms with van der Waals surface area (Å²) in [6.07, 6.45) is 1.42. The molecule has 2 aromatic rings. The van der Waals surface area contributed by atoms with Gasteiger partial charge in [0.25, 0.3) is 5.91 Å². The average molecular weight is 497 g/mol. The van der Waals surface area contributed by atoms with E-state index in [1.807, 2.05) is 13.0 Å². The molecule has 0 atom stereocenters. The maximum Gasteiger partial charge on any atom is 0.258 e. The number of anilines is 1. The first-order valence-corrected chi connectivity index (χ1v) is 12.0. The van der Waals surface area contributed by atoms with Crippen molar-refractivity contribution in [2.75, 3.05) is 37.7 Å². The summed E-state index contributed by atoms with van der Waals surface area (Å²) in [5, 5.41) is 0. The molecule has 1 saturated heterocycles. The molecule has 2 heterocycles. The van der Waals surface area contributed by atoms with Crippen LogP contribution >= 0.6 is 15.9 Å². The number of carbonyl (C=O) groups excluding carboxylic acids is 1. The first kappa shape index (κ1) is 21.4. The zero-order valence-electron chi connectivity index (χ0n) is 16.5. The molecule has 9 heteroatoms. The lowest BCUT2D eigenvalue weighted by Gasteiger charge is -2.30. The molecule has 0 aromatic heterocycles. The number of carbonyl (C=O) groups is 1. The monoisotopic (exact) mass is 496 g/mol. The zero-order chi connectivity index (χ0) is 21.5. The summed E-state index contributed by atoms with van der Waals surface area (Å²) >= 11 is 3.30. The minimum Gasteiger partial charge on any atom is -0.379 e. The third kappa shape index (κ3) is 3.91. The molecular formula is C21H22BrFN2O4S. The fourth-order valence-electron chi connectivity index (χ4n) is 3.96. The van der Waals surface area contributed by atoms with E-state index in [0.29, 0.717) is 30.7 Å². The minimum absolute atomic E-state index is 0.0249. The molecule has 0 saturated carbocycles. The molecule has 1 fully saturated rings. The average Bonchev–Trinajstić information content (AvgIpc) is 2.73. The van der Waals surface area contributed by atoms with Crippen molar-refractivity contribution in [3.05, 3.63) is 57.3 Å². The van der Waals surface area contributed by atoms with Gasteiger partial charge in [0, 0.05) is 29.7 Å². The van der Waals surface area contributed by atoms with Crippen LogP contribution < -0.4 is 4.90 Å². The van der Waals surface area contributed by atoms with E-state index < -0.39 is 21.7 Å². The second-order valence-corrected chi connectivity index (χ2v) is 10.2. The standard InChI is InChI=1S/C21H22BrFN2O4S/c1-14-11-15-3-2-6-25(20(15)18(23)12-14)21(26)16-4-5-17(22)19(13-16)30(27,28)24-7-9-29-10-8-24/h4-5,11-13H,2-3,6-10H2,1H3. The Bertz CT molecular complexity index is 1100. The van der Waals surface area contributed by atoms with E-state index in [1.165, 1.54) is 21.3 Å². The summed E-state index contributed by atoms with van der Waals surface area (Å²) in [7, 11) is -3.79. The van der Waals surface area contributed by atoms with Gasteiger partial charge in [-0.1, -0.05) is 6.07 Å². The van der Waals surface area contributed by atoms with Crippen LogP contribution in [-0.2, 0) is 21.2 Å². The number of morpholine rings is 1. The third-order valence-electron chi connectivity index (χ3n) is 5.40. The van der Waals surface area contributed by atoms with Gasteiger partial charge in [0.2, 0.25) is 10.0 Å². The van der Waals surface area contributed by atoms with Gasteiger partial charge in [-0.3, -0.25) is 4.79 Å². The molecule has 2 aromatic carbocycles. The van der Waals surface area contributed by atoms with Gasteiger partial charge in [0.1, 0.15) is 5.82 Å². The lowest BCUT2D eigenvalue weighted by atomic mass is 9.98. The van der Waals surface area contributed by atoms with Crippen molar-refractivity contribution in [3.63, 3.8) is 0 Å². The highest BCUT2D eigenvalue weighted by molar-refractivity contribution is 9.10. The zero-order valence-corrected chi connectivity index (χ0v) is 18.9. The normalized spacial score (nSPS) is 17.6. The van der Waals surface area contributed by atoms with Gasteiger partial charge in [-0.25, -0.2) is 12.8 Å². The highest BCUT2D eigenvalue weighted by Gasteiger charge is 2.31. The second-order valence-electron chi connectivity index (χ2n) is 7.48. The smallest absolute Gasteiger partial charge is 0.258 e. The van der Waals surface area contributed by atoms with Crippen molar-refractivity contribution in [2.45, 2.75) is 24.7 Å². The van der Waals surface area contributed by atoms with Crippen LogP contribution in [0.1, 0.15) is 27.9 Å². The number of hydrogen-bond donors (Lipinski definition) is 0. The van der Waals surface area contributed by atoms with Gasteiger partial charge in [-0.2, -0.15) is 4.31 Å². The summed E-state index contributed by atoms with van der Waals surface area (Å²) in [6.45, 7) is 3.39. The van der Waals surface area contributed by atoms with Gasteiger partial charge in [-0.05, 0) is 71.1 Å². The van der Waals surface area contributed by atoms with Gasteiger partial charge in [-0.15, -0.1) is 0 Å². The topological polar surface area (TPSA) is 66.9 Å². The molecular weight excluding hydrogens is 475 g/mol. The van der Waals surface area contributed by atoms with E-state index in [9.17, 15) is 17.6 Å². The number of amides is 1. The Morgan fingerprint density at radius 2 is 1.87 bits per heavy atom. The van der Waals surface area contributed by atoms with Crippen molar-refractivity contribution in [1.29, 1.82) is 0 Å². The molecule has 0 spiro atoms. The Balaban J connectivity index is 1.71. The molecule has 0 aliphatic carbocycles. The summed E-state index contributed by atoms with van der Waals surface area (Å²) in [5.74, 6) is -0.846. The predicted octanol–water partition coefficient (Wildman–Crippen LogP) is 3.51. The molecule has 0 unspecified atom stereocenters. The van der Waals surface area contributed by atoms with Crippen LogP contribution in [-0.4, -0.2) is 51.5 Å². The van der Waals surface area contributed by atoms with Crippen molar-refractivity contribution < 1.29 is 22.3 Å². The highest BCUT2D eigenvalue weighted by Crippen LogP contribution is 2.33. The van der Waals surface area contributed by atoms with E-state index in [-0.39, 0.29) is 29.2 Å². The lowest BCUT2D eigenvalue weighted by Crippen LogP contribution is -2.41. The summed E-state index contributed by atoms with van der Waals surface area (Å²) in [6, 6.07) is 7.80. The number of fused-ring (bicyclic) bond motifs is 1. The van der Waals surface area contributed by atoms with E-state index in [0.717, 1.165) is 17.5 Å². The van der Waals surface area contributed by atoms with Gasteiger partial charge < -0.3 is 9.64 Å². The van der Waals surface area contributed by atoms with E-state index in [4.69, 9.17) is 4.74 Å². The number of nitrogens with zero attached hydrogens (tertiary/aromatic N) is 2. The van der Waals surface area contributed by atoms with E-state index in [2.05, 4.69) is 15.9 Å². The molecule has 1 amide bonds. The van der Waals surface area contributed by atoms with Crippen molar-refractivity contribution >= 4 is 37.5 Å². The molecule has 4 rings (SSSR count). The number of benzene rings is 2. The fourth-order valence-corrected chi connectivity index (χ4v) is 6.32. The SMILES string of the molecule is Cc1cc(F)c2c(c1)CCCN2C(=O)c1ccc(Br)c(S(=O)(=O)N2CCOCC2)c1. The molecule has 2 aliphatic rings. The molecule has 0 radical (unpaired) electrons. The Morgan fingerprint density at radius 3 is 2.60 bits per heavy atom. The lowest BCUT2D eigenvalue weighted by molar-refractivity contribution is 0.0730. The molecule has 160 valence electrons. The molecule has 2 aliphatic heterocycles. The predicted molar refractivity (Wildman–Crippen MR) is 115 cm³/mol. The molecule has 30 heavy (non-hydrogen) atoms. The Labute approximate surface area is 183 Å². The van der Waals surface area contributed by atoms with E-state index in [1.54, 1.807) is 12.1 Å². The second kappa shape index (κ2) is 8.37. The maximum absolute atomic E-state index is 14.7.